The van der Waals surface area contributed by atoms with Crippen molar-refractivity contribution in [3.8, 4) is 17.2 Å². The Morgan fingerprint density at radius 2 is 1.77 bits per heavy atom. The molecule has 0 saturated carbocycles. The van der Waals surface area contributed by atoms with E-state index in [9.17, 15) is 0 Å². The molecule has 31 heavy (non-hydrogen) atoms. The molecule has 10 heteroatoms. The Morgan fingerprint density at radius 1 is 1.03 bits per heavy atom. The number of fused-ring (bicyclic) bond motifs is 1. The average molecular weight is 442 g/mol. The molecule has 0 radical (unpaired) electrons. The largest absolute Gasteiger partial charge is 0.495 e. The fourth-order valence-electron chi connectivity index (χ4n) is 3.07. The number of ether oxygens (including phenoxy) is 3. The standard InChI is InChI=1S/C21H23N5O4S/c1-5-12-9-19(24-23-12)22-14-11-17-13(10-18(14)29-4)21(25-30-17)26-31-20-15(27-2)7-6-8-16(20)28-3/h6-11H,5H2,1-4H3,(H,25,26)(H2,22,23,24). The van der Waals surface area contributed by atoms with Crippen LogP contribution in [0.4, 0.5) is 17.3 Å². The maximum Gasteiger partial charge on any atom is 0.187 e. The summed E-state index contributed by atoms with van der Waals surface area (Å²) in [5.74, 6) is 3.29. The number of anilines is 3. The zero-order valence-electron chi connectivity index (χ0n) is 17.6. The number of aromatic amines is 1. The third-order valence-electron chi connectivity index (χ3n) is 4.70. The normalized spacial score (nSPS) is 10.8. The zero-order valence-corrected chi connectivity index (χ0v) is 18.4. The Kier molecular flexibility index (Phi) is 6.08. The lowest BCUT2D eigenvalue weighted by atomic mass is 10.2. The number of nitrogens with zero attached hydrogens (tertiary/aromatic N) is 2. The highest BCUT2D eigenvalue weighted by Gasteiger charge is 2.17. The number of methoxy groups -OCH3 is 3. The van der Waals surface area contributed by atoms with Crippen LogP contribution in [0, 0.1) is 0 Å². The number of rotatable bonds is 9. The molecule has 162 valence electrons. The summed E-state index contributed by atoms with van der Waals surface area (Å²) in [7, 11) is 4.85. The summed E-state index contributed by atoms with van der Waals surface area (Å²) in [5.41, 5.74) is 2.37. The monoisotopic (exact) mass is 441 g/mol. The van der Waals surface area contributed by atoms with Gasteiger partial charge in [-0.2, -0.15) is 5.10 Å². The third kappa shape index (κ3) is 4.19. The molecular formula is C21H23N5O4S. The predicted molar refractivity (Wildman–Crippen MR) is 121 cm³/mol. The summed E-state index contributed by atoms with van der Waals surface area (Å²) in [6.45, 7) is 2.06. The first-order valence-electron chi connectivity index (χ1n) is 9.59. The van der Waals surface area contributed by atoms with Crippen LogP contribution < -0.4 is 24.2 Å². The van der Waals surface area contributed by atoms with E-state index in [2.05, 4.69) is 32.3 Å². The molecule has 2 heterocycles. The second-order valence-corrected chi connectivity index (χ2v) is 7.35. The van der Waals surface area contributed by atoms with Crippen LogP contribution in [0.3, 0.4) is 0 Å². The summed E-state index contributed by atoms with van der Waals surface area (Å²) in [6, 6.07) is 11.3. The van der Waals surface area contributed by atoms with E-state index in [1.165, 1.54) is 11.9 Å². The van der Waals surface area contributed by atoms with Gasteiger partial charge >= 0.3 is 0 Å². The van der Waals surface area contributed by atoms with E-state index in [1.54, 1.807) is 21.3 Å². The first kappa shape index (κ1) is 20.7. The van der Waals surface area contributed by atoms with Crippen LogP contribution in [-0.2, 0) is 6.42 Å². The third-order valence-corrected chi connectivity index (χ3v) is 5.60. The van der Waals surface area contributed by atoms with Crippen molar-refractivity contribution in [3.63, 3.8) is 0 Å². The Hall–Kier alpha value is -3.53. The van der Waals surface area contributed by atoms with Gasteiger partial charge in [0.2, 0.25) is 0 Å². The summed E-state index contributed by atoms with van der Waals surface area (Å²) in [6.07, 6.45) is 0.872. The highest BCUT2D eigenvalue weighted by molar-refractivity contribution is 8.00. The summed E-state index contributed by atoms with van der Waals surface area (Å²) in [5, 5.41) is 15.4. The van der Waals surface area contributed by atoms with Crippen molar-refractivity contribution in [1.82, 2.24) is 15.4 Å². The van der Waals surface area contributed by atoms with Crippen LogP contribution in [0.25, 0.3) is 11.0 Å². The van der Waals surface area contributed by atoms with Crippen LogP contribution >= 0.6 is 11.9 Å². The molecule has 0 aliphatic carbocycles. The minimum Gasteiger partial charge on any atom is -0.495 e. The number of hydrogen-bond donors (Lipinski definition) is 3. The second kappa shape index (κ2) is 9.09. The van der Waals surface area contributed by atoms with E-state index in [-0.39, 0.29) is 0 Å². The quantitative estimate of drug-likeness (QED) is 0.309. The molecule has 0 unspecified atom stereocenters. The Labute approximate surface area is 183 Å². The van der Waals surface area contributed by atoms with Gasteiger partial charge in [-0.15, -0.1) is 0 Å². The van der Waals surface area contributed by atoms with Crippen LogP contribution in [0.2, 0.25) is 0 Å². The molecule has 4 rings (SSSR count). The minimum absolute atomic E-state index is 0.561. The van der Waals surface area contributed by atoms with Crippen molar-refractivity contribution >= 4 is 40.2 Å². The average Bonchev–Trinajstić information content (AvgIpc) is 3.43. The Balaban J connectivity index is 1.61. The van der Waals surface area contributed by atoms with Crippen LogP contribution in [-0.4, -0.2) is 36.7 Å². The molecule has 0 saturated heterocycles. The van der Waals surface area contributed by atoms with Gasteiger partial charge in [-0.05, 0) is 36.6 Å². The second-order valence-electron chi connectivity index (χ2n) is 6.53. The van der Waals surface area contributed by atoms with E-state index in [0.29, 0.717) is 34.5 Å². The van der Waals surface area contributed by atoms with E-state index < -0.39 is 0 Å². The first-order chi connectivity index (χ1) is 15.2. The van der Waals surface area contributed by atoms with Crippen molar-refractivity contribution < 1.29 is 18.7 Å². The van der Waals surface area contributed by atoms with Crippen molar-refractivity contribution in [2.45, 2.75) is 18.2 Å². The molecule has 0 atom stereocenters. The molecule has 2 aromatic carbocycles. The van der Waals surface area contributed by atoms with E-state index in [0.717, 1.165) is 28.1 Å². The number of nitrogens with one attached hydrogen (secondary N) is 3. The molecular weight excluding hydrogens is 418 g/mol. The van der Waals surface area contributed by atoms with E-state index in [4.69, 9.17) is 18.7 Å². The van der Waals surface area contributed by atoms with Gasteiger partial charge in [0.15, 0.2) is 17.2 Å². The van der Waals surface area contributed by atoms with E-state index in [1.807, 2.05) is 36.4 Å². The van der Waals surface area contributed by atoms with Crippen molar-refractivity contribution in [3.05, 3.63) is 42.1 Å². The van der Waals surface area contributed by atoms with E-state index >= 15 is 0 Å². The first-order valence-corrected chi connectivity index (χ1v) is 10.4. The van der Waals surface area contributed by atoms with Crippen molar-refractivity contribution in [1.29, 1.82) is 0 Å². The fourth-order valence-corrected chi connectivity index (χ4v) is 3.92. The molecule has 3 N–H and O–H groups in total. The smallest absolute Gasteiger partial charge is 0.187 e. The van der Waals surface area contributed by atoms with Crippen molar-refractivity contribution in [2.24, 2.45) is 0 Å². The van der Waals surface area contributed by atoms with Crippen molar-refractivity contribution in [2.75, 3.05) is 31.4 Å². The highest BCUT2D eigenvalue weighted by Crippen LogP contribution is 2.40. The van der Waals surface area contributed by atoms with Gasteiger partial charge in [0.25, 0.3) is 0 Å². The Bertz CT molecular complexity index is 1170. The number of aromatic nitrogens is 3. The Morgan fingerprint density at radius 3 is 2.42 bits per heavy atom. The fraction of sp³-hybridized carbons (Fsp3) is 0.238. The molecule has 2 aromatic heterocycles. The highest BCUT2D eigenvalue weighted by atomic mass is 32.2. The number of hydrogen-bond acceptors (Lipinski definition) is 9. The van der Waals surface area contributed by atoms with Gasteiger partial charge in [-0.25, -0.2) is 0 Å². The van der Waals surface area contributed by atoms with Gasteiger partial charge in [-0.1, -0.05) is 18.1 Å². The molecule has 0 aliphatic heterocycles. The molecule has 0 amide bonds. The van der Waals surface area contributed by atoms with Gasteiger partial charge in [-0.3, -0.25) is 5.10 Å². The molecule has 0 aliphatic rings. The minimum atomic E-state index is 0.561. The lowest BCUT2D eigenvalue weighted by Gasteiger charge is -2.12. The van der Waals surface area contributed by atoms with Gasteiger partial charge in [0.05, 0.1) is 32.4 Å². The topological polar surface area (TPSA) is 106 Å². The lowest BCUT2D eigenvalue weighted by Crippen LogP contribution is -1.96. The zero-order chi connectivity index (χ0) is 21.8. The van der Waals surface area contributed by atoms with Gasteiger partial charge < -0.3 is 28.8 Å². The molecule has 4 aromatic rings. The number of H-pyrrole nitrogens is 1. The number of benzene rings is 2. The molecule has 0 bridgehead atoms. The SMILES string of the molecule is CCc1cc(Nc2cc3onc(NSc4c(OC)cccc4OC)c3cc2OC)n[nH]1. The van der Waals surface area contributed by atoms with Gasteiger partial charge in [0, 0.05) is 17.8 Å². The summed E-state index contributed by atoms with van der Waals surface area (Å²) in [4.78, 5) is 0.805. The van der Waals surface area contributed by atoms with Gasteiger partial charge in [0.1, 0.15) is 22.1 Å². The molecule has 0 fully saturated rings. The van der Waals surface area contributed by atoms with Crippen LogP contribution in [0.1, 0.15) is 12.6 Å². The van der Waals surface area contributed by atoms with Crippen LogP contribution in [0.15, 0.2) is 45.8 Å². The molecule has 9 nitrogen and oxygen atoms in total. The predicted octanol–water partition coefficient (Wildman–Crippen LogP) is 5.00. The lowest BCUT2D eigenvalue weighted by molar-refractivity contribution is 0.376. The molecule has 0 spiro atoms. The summed E-state index contributed by atoms with van der Waals surface area (Å²) >= 11 is 1.33. The summed E-state index contributed by atoms with van der Waals surface area (Å²) < 4.78 is 25.2. The maximum absolute atomic E-state index is 5.57. The number of aryl methyl sites for hydroxylation is 1. The van der Waals surface area contributed by atoms with Crippen LogP contribution in [0.5, 0.6) is 17.2 Å². The maximum atomic E-state index is 5.57.